The third-order valence-electron chi connectivity index (χ3n) is 9.02. The Bertz CT molecular complexity index is 2690. The molecule has 8 aromatic rings. The zero-order valence-electron chi connectivity index (χ0n) is 29.9. The van der Waals surface area contributed by atoms with Gasteiger partial charge in [0.2, 0.25) is 4.96 Å². The van der Waals surface area contributed by atoms with E-state index in [0.717, 1.165) is 52.2 Å². The summed E-state index contributed by atoms with van der Waals surface area (Å²) in [5.41, 5.74) is 5.11. The number of ether oxygens (including phenoxy) is 3. The number of hydrogen-bond donors (Lipinski definition) is 0. The van der Waals surface area contributed by atoms with E-state index in [0.29, 0.717) is 40.0 Å². The molecule has 0 aliphatic carbocycles. The number of nitrogens with zero attached hydrogens (tertiary/aromatic N) is 5. The highest BCUT2D eigenvalue weighted by atomic mass is 32.1. The summed E-state index contributed by atoms with van der Waals surface area (Å²) in [6.07, 6.45) is 9.51. The van der Waals surface area contributed by atoms with Crippen molar-refractivity contribution in [1.82, 2.24) is 24.4 Å². The number of aromatic nitrogens is 5. The molecule has 0 saturated heterocycles. The van der Waals surface area contributed by atoms with E-state index in [-0.39, 0.29) is 5.56 Å². The van der Waals surface area contributed by atoms with Gasteiger partial charge in [-0.15, -0.1) is 5.10 Å². The Morgan fingerprint density at radius 2 is 1.63 bits per heavy atom. The van der Waals surface area contributed by atoms with Crippen LogP contribution in [0.5, 0.6) is 17.2 Å². The Kier molecular flexibility index (Phi) is 9.99. The molecule has 0 atom stereocenters. The molecule has 0 aliphatic heterocycles. The van der Waals surface area contributed by atoms with Crippen molar-refractivity contribution in [2.45, 2.75) is 26.4 Å². The first-order valence-corrected chi connectivity index (χ1v) is 18.6. The van der Waals surface area contributed by atoms with Gasteiger partial charge in [-0.25, -0.2) is 4.68 Å². The molecule has 0 N–H and O–H groups in total. The molecule has 3 heterocycles. The fourth-order valence-corrected chi connectivity index (χ4v) is 7.09. The van der Waals surface area contributed by atoms with E-state index < -0.39 is 0 Å². The van der Waals surface area contributed by atoms with Gasteiger partial charge < -0.3 is 14.2 Å². The molecule has 0 spiro atoms. The second-order valence-electron chi connectivity index (χ2n) is 12.7. The van der Waals surface area contributed by atoms with Crippen LogP contribution in [0.3, 0.4) is 0 Å². The van der Waals surface area contributed by atoms with Gasteiger partial charge in [0.25, 0.3) is 5.56 Å². The van der Waals surface area contributed by atoms with Gasteiger partial charge >= 0.3 is 0 Å². The molecule has 54 heavy (non-hydrogen) atoms. The van der Waals surface area contributed by atoms with E-state index >= 15 is 0 Å². The number of benzene rings is 5. The zero-order valence-corrected chi connectivity index (χ0v) is 30.7. The third-order valence-corrected chi connectivity index (χ3v) is 9.98. The Morgan fingerprint density at radius 1 is 0.815 bits per heavy atom. The van der Waals surface area contributed by atoms with Crippen LogP contribution in [-0.4, -0.2) is 38.1 Å². The molecule has 5 aromatic carbocycles. The molecule has 10 heteroatoms. The smallest absolute Gasteiger partial charge is 0.291 e. The summed E-state index contributed by atoms with van der Waals surface area (Å²) in [4.78, 5) is 18.8. The van der Waals surface area contributed by atoms with Crippen LogP contribution in [0.4, 0.5) is 0 Å². The summed E-state index contributed by atoms with van der Waals surface area (Å²) in [7, 11) is 1.63. The van der Waals surface area contributed by atoms with Gasteiger partial charge in [-0.2, -0.15) is 14.6 Å². The average molecular weight is 732 g/mol. The quantitative estimate of drug-likeness (QED) is 0.110. The normalized spacial score (nSPS) is 11.9. The Labute approximate surface area is 316 Å². The van der Waals surface area contributed by atoms with Crippen molar-refractivity contribution in [1.29, 1.82) is 0 Å². The van der Waals surface area contributed by atoms with Crippen molar-refractivity contribution in [2.75, 3.05) is 13.7 Å². The van der Waals surface area contributed by atoms with Gasteiger partial charge in [-0.1, -0.05) is 97.5 Å². The summed E-state index contributed by atoms with van der Waals surface area (Å²) >= 11 is 1.29. The zero-order chi connectivity index (χ0) is 36.9. The van der Waals surface area contributed by atoms with E-state index in [1.54, 1.807) is 13.2 Å². The number of unbranched alkanes of at least 4 members (excludes halogenated alkanes) is 1. The fourth-order valence-electron chi connectivity index (χ4n) is 6.18. The molecule has 0 radical (unpaired) electrons. The van der Waals surface area contributed by atoms with E-state index in [2.05, 4.69) is 47.3 Å². The lowest BCUT2D eigenvalue weighted by molar-refractivity contribution is 0.288. The number of para-hydroxylation sites is 1. The second-order valence-corrected chi connectivity index (χ2v) is 13.7. The Morgan fingerprint density at radius 3 is 2.44 bits per heavy atom. The van der Waals surface area contributed by atoms with Gasteiger partial charge in [0.15, 0.2) is 17.3 Å². The van der Waals surface area contributed by atoms with Gasteiger partial charge in [0.1, 0.15) is 18.1 Å². The van der Waals surface area contributed by atoms with Crippen molar-refractivity contribution >= 4 is 45.3 Å². The molecule has 8 rings (SSSR count). The van der Waals surface area contributed by atoms with Crippen molar-refractivity contribution in [2.24, 2.45) is 0 Å². The molecule has 0 amide bonds. The standard InChI is InChI=1S/C44H37N5O4S/c1-3-4-25-52-38-23-17-30(26-39(38)51-2)18-24-41-45-44-49(46-41)43(50)40(54-44)27-34-28-48(35-14-6-5-7-15-35)47-42(34)32-19-21-36(22-20-32)53-29-33-13-10-12-31-11-8-9-16-37(31)33/h5-24,26-28H,3-4,25,29H2,1-2H3/b24-18+,40-27-. The Hall–Kier alpha value is -6.52. The van der Waals surface area contributed by atoms with Gasteiger partial charge in [0, 0.05) is 17.3 Å². The van der Waals surface area contributed by atoms with Gasteiger partial charge in [-0.3, -0.25) is 4.79 Å². The summed E-state index contributed by atoms with van der Waals surface area (Å²) in [6.45, 7) is 3.22. The average Bonchev–Trinajstić information content (AvgIpc) is 3.91. The first kappa shape index (κ1) is 34.6. The number of rotatable bonds is 13. The maximum atomic E-state index is 13.6. The van der Waals surface area contributed by atoms with Gasteiger partial charge in [-0.05, 0) is 89.0 Å². The largest absolute Gasteiger partial charge is 0.493 e. The lowest BCUT2D eigenvalue weighted by Gasteiger charge is -2.10. The lowest BCUT2D eigenvalue weighted by atomic mass is 10.1. The minimum absolute atomic E-state index is 0.243. The minimum Gasteiger partial charge on any atom is -0.493 e. The molecule has 0 bridgehead atoms. The SMILES string of the molecule is CCCCOc1ccc(/C=C/c2nc3s/c(=C\c4cn(-c5ccccc5)nc4-c4ccc(OCc5cccc6ccccc56)cc4)c(=O)n3n2)cc1OC. The molecule has 268 valence electrons. The Balaban J connectivity index is 1.06. The van der Waals surface area contributed by atoms with Crippen LogP contribution in [0.2, 0.25) is 0 Å². The van der Waals surface area contributed by atoms with Crippen LogP contribution < -0.4 is 24.3 Å². The molecule has 0 aliphatic rings. The van der Waals surface area contributed by atoms with Crippen LogP contribution in [0.25, 0.3) is 50.9 Å². The number of thiazole rings is 1. The van der Waals surface area contributed by atoms with E-state index in [1.807, 2.05) is 108 Å². The van der Waals surface area contributed by atoms with E-state index in [4.69, 9.17) is 19.3 Å². The summed E-state index contributed by atoms with van der Waals surface area (Å²) < 4.78 is 21.3. The number of methoxy groups -OCH3 is 1. The predicted molar refractivity (Wildman–Crippen MR) is 216 cm³/mol. The summed E-state index contributed by atoms with van der Waals surface area (Å²) in [5, 5.41) is 11.8. The van der Waals surface area contributed by atoms with Crippen LogP contribution >= 0.6 is 11.3 Å². The first-order chi connectivity index (χ1) is 26.6. The maximum absolute atomic E-state index is 13.6. The van der Waals surface area contributed by atoms with Crippen molar-refractivity contribution in [3.05, 3.63) is 159 Å². The molecular weight excluding hydrogens is 695 g/mol. The second kappa shape index (κ2) is 15.6. The maximum Gasteiger partial charge on any atom is 0.291 e. The third kappa shape index (κ3) is 7.37. The summed E-state index contributed by atoms with van der Waals surface area (Å²) in [5.74, 6) is 2.56. The van der Waals surface area contributed by atoms with E-state index in [9.17, 15) is 4.79 Å². The molecule has 0 saturated carbocycles. The van der Waals surface area contributed by atoms with Gasteiger partial charge in [0.05, 0.1) is 23.9 Å². The monoisotopic (exact) mass is 731 g/mol. The summed E-state index contributed by atoms with van der Waals surface area (Å²) in [6, 6.07) is 38.1. The highest BCUT2D eigenvalue weighted by molar-refractivity contribution is 7.15. The number of fused-ring (bicyclic) bond motifs is 2. The van der Waals surface area contributed by atoms with Crippen LogP contribution in [0, 0.1) is 0 Å². The fraction of sp³-hybridized carbons (Fsp3) is 0.136. The van der Waals surface area contributed by atoms with E-state index in [1.165, 1.54) is 26.6 Å². The van der Waals surface area contributed by atoms with Crippen molar-refractivity contribution < 1.29 is 14.2 Å². The highest BCUT2D eigenvalue weighted by Crippen LogP contribution is 2.30. The minimum atomic E-state index is -0.243. The topological polar surface area (TPSA) is 92.8 Å². The van der Waals surface area contributed by atoms with Crippen molar-refractivity contribution in [3.8, 4) is 34.2 Å². The molecule has 3 aromatic heterocycles. The lowest BCUT2D eigenvalue weighted by Crippen LogP contribution is -2.23. The first-order valence-electron chi connectivity index (χ1n) is 17.8. The van der Waals surface area contributed by atoms with Crippen LogP contribution in [0.15, 0.2) is 126 Å². The van der Waals surface area contributed by atoms with Crippen molar-refractivity contribution in [3.63, 3.8) is 0 Å². The molecular formula is C44H37N5O4S. The molecule has 9 nitrogen and oxygen atoms in total. The highest BCUT2D eigenvalue weighted by Gasteiger charge is 2.15. The van der Waals surface area contributed by atoms with Crippen LogP contribution in [0.1, 0.15) is 42.3 Å². The molecule has 0 unspecified atom stereocenters. The number of hydrogen-bond acceptors (Lipinski definition) is 8. The van der Waals surface area contributed by atoms with Crippen LogP contribution in [-0.2, 0) is 6.61 Å². The molecule has 0 fully saturated rings. The predicted octanol–water partition coefficient (Wildman–Crippen LogP) is 8.64.